The second-order valence-corrected chi connectivity index (χ2v) is 10.7. The van der Waals surface area contributed by atoms with Gasteiger partial charge in [-0.05, 0) is 73.6 Å². The Morgan fingerprint density at radius 3 is 2.52 bits per heavy atom. The number of ether oxygens (including phenoxy) is 1. The Morgan fingerprint density at radius 1 is 1.07 bits per heavy atom. The van der Waals surface area contributed by atoms with Crippen LogP contribution in [0.25, 0.3) is 0 Å². The number of nitrogens with one attached hydrogen (secondary N) is 2. The Labute approximate surface area is 234 Å². The van der Waals surface area contributed by atoms with Gasteiger partial charge in [0.1, 0.15) is 17.6 Å². The first-order valence-electron chi connectivity index (χ1n) is 13.8. The van der Waals surface area contributed by atoms with E-state index in [1.165, 1.54) is 29.0 Å². The molecule has 1 fully saturated rings. The molecule has 2 N–H and O–H groups in total. The fraction of sp³-hybridized carbons (Fsp3) is 0.467. The molecule has 40 heavy (non-hydrogen) atoms. The molecule has 0 radical (unpaired) electrons. The zero-order valence-corrected chi connectivity index (χ0v) is 23.2. The number of benzene rings is 2. The molecule has 0 aliphatic carbocycles. The van der Waals surface area contributed by atoms with Gasteiger partial charge >= 0.3 is 0 Å². The van der Waals surface area contributed by atoms with Crippen LogP contribution in [0, 0.1) is 11.7 Å². The molecular formula is C30H37FN4O5. The molecule has 1 saturated heterocycles. The van der Waals surface area contributed by atoms with Gasteiger partial charge in [0.15, 0.2) is 0 Å². The smallest absolute Gasteiger partial charge is 0.257 e. The van der Waals surface area contributed by atoms with Gasteiger partial charge < -0.3 is 25.2 Å². The van der Waals surface area contributed by atoms with Crippen LogP contribution in [-0.4, -0.2) is 78.8 Å². The van der Waals surface area contributed by atoms with Crippen LogP contribution in [-0.2, 0) is 16.0 Å². The lowest BCUT2D eigenvalue weighted by Gasteiger charge is -2.32. The van der Waals surface area contributed by atoms with Crippen molar-refractivity contribution in [3.05, 3.63) is 65.0 Å². The Bertz CT molecular complexity index is 1250. The van der Waals surface area contributed by atoms with Gasteiger partial charge in [0.05, 0.1) is 19.2 Å². The molecule has 4 amide bonds. The molecule has 0 unspecified atom stereocenters. The highest BCUT2D eigenvalue weighted by molar-refractivity contribution is 5.99. The van der Waals surface area contributed by atoms with E-state index in [2.05, 4.69) is 10.6 Å². The Balaban J connectivity index is 1.64. The molecular weight excluding hydrogens is 515 g/mol. The molecule has 2 atom stereocenters. The number of methoxy groups -OCH3 is 1. The predicted octanol–water partition coefficient (Wildman–Crippen LogP) is 2.78. The summed E-state index contributed by atoms with van der Waals surface area (Å²) >= 11 is 0. The third kappa shape index (κ3) is 6.78. The molecule has 4 rings (SSSR count). The number of aryl methyl sites for hydroxylation is 1. The number of nitrogens with zero attached hydrogens (tertiary/aromatic N) is 2. The van der Waals surface area contributed by atoms with E-state index in [0.29, 0.717) is 50.1 Å². The van der Waals surface area contributed by atoms with E-state index in [1.807, 2.05) is 13.8 Å². The highest BCUT2D eigenvalue weighted by Gasteiger charge is 2.37. The number of amides is 4. The molecule has 2 heterocycles. The minimum atomic E-state index is -0.749. The Morgan fingerprint density at radius 2 is 1.82 bits per heavy atom. The summed E-state index contributed by atoms with van der Waals surface area (Å²) in [4.78, 5) is 56.2. The molecule has 2 aliphatic heterocycles. The minimum absolute atomic E-state index is 0.0535. The van der Waals surface area contributed by atoms with Gasteiger partial charge in [-0.3, -0.25) is 19.2 Å². The number of carbonyl (C=O) groups excluding carboxylic acids is 4. The minimum Gasteiger partial charge on any atom is -0.497 e. The van der Waals surface area contributed by atoms with E-state index < -0.39 is 23.8 Å². The Hall–Kier alpha value is -3.95. The summed E-state index contributed by atoms with van der Waals surface area (Å²) in [6.45, 7) is 4.45. The monoisotopic (exact) mass is 552 g/mol. The fourth-order valence-corrected chi connectivity index (χ4v) is 5.15. The van der Waals surface area contributed by atoms with Crippen LogP contribution in [0.5, 0.6) is 5.75 Å². The van der Waals surface area contributed by atoms with Gasteiger partial charge in [-0.1, -0.05) is 19.9 Å². The largest absolute Gasteiger partial charge is 0.497 e. The van der Waals surface area contributed by atoms with E-state index in [9.17, 15) is 23.6 Å². The quantitative estimate of drug-likeness (QED) is 0.609. The average Bonchev–Trinajstić information content (AvgIpc) is 3.44. The van der Waals surface area contributed by atoms with Crippen LogP contribution < -0.4 is 15.4 Å². The summed E-state index contributed by atoms with van der Waals surface area (Å²) in [5, 5.41) is 5.88. The van der Waals surface area contributed by atoms with Crippen LogP contribution in [0.2, 0.25) is 0 Å². The van der Waals surface area contributed by atoms with Crippen molar-refractivity contribution in [2.24, 2.45) is 5.92 Å². The first-order valence-corrected chi connectivity index (χ1v) is 13.8. The van der Waals surface area contributed by atoms with Gasteiger partial charge in [0, 0.05) is 31.2 Å². The Kier molecular flexibility index (Phi) is 9.39. The van der Waals surface area contributed by atoms with Crippen LogP contribution in [0.15, 0.2) is 42.5 Å². The lowest BCUT2D eigenvalue weighted by Crippen LogP contribution is -2.54. The van der Waals surface area contributed by atoms with Crippen molar-refractivity contribution < 1.29 is 28.3 Å². The van der Waals surface area contributed by atoms with Crippen molar-refractivity contribution in [1.82, 2.24) is 20.4 Å². The van der Waals surface area contributed by atoms with Crippen molar-refractivity contribution in [1.29, 1.82) is 0 Å². The summed E-state index contributed by atoms with van der Waals surface area (Å²) in [6.07, 6.45) is 2.17. The van der Waals surface area contributed by atoms with Crippen LogP contribution in [0.1, 0.15) is 59.4 Å². The number of carbonyl (C=O) groups is 4. The summed E-state index contributed by atoms with van der Waals surface area (Å²) in [7, 11) is 1.54. The predicted molar refractivity (Wildman–Crippen MR) is 147 cm³/mol. The van der Waals surface area contributed by atoms with Crippen molar-refractivity contribution in [3.63, 3.8) is 0 Å². The first kappa shape index (κ1) is 29.0. The van der Waals surface area contributed by atoms with Crippen LogP contribution in [0.3, 0.4) is 0 Å². The standard InChI is InChI=1S/C30H37FN4O5/c1-19(2)25-17-34(29(38)21-9-11-22(40-3)12-10-21)18-27(36)32-14-4-6-20-8-13-24(31)23(16-20)30(39)35-15-5-7-26(35)28(37)33-25/h8-13,16,19,25-26H,4-7,14-15,17-18H2,1-3H3,(H,32,36)(H,33,37)/t25-,26-/m0/s1. The second kappa shape index (κ2) is 12.9. The molecule has 2 aromatic carbocycles. The van der Waals surface area contributed by atoms with Crippen LogP contribution >= 0.6 is 0 Å². The second-order valence-electron chi connectivity index (χ2n) is 10.7. The molecule has 10 heteroatoms. The van der Waals surface area contributed by atoms with Gasteiger partial charge in [-0.25, -0.2) is 4.39 Å². The van der Waals surface area contributed by atoms with E-state index in [-0.39, 0.29) is 42.3 Å². The topological polar surface area (TPSA) is 108 Å². The highest BCUT2D eigenvalue weighted by Crippen LogP contribution is 2.24. The third-order valence-corrected chi connectivity index (χ3v) is 7.55. The van der Waals surface area contributed by atoms with E-state index in [4.69, 9.17) is 4.74 Å². The molecule has 0 saturated carbocycles. The molecule has 9 nitrogen and oxygen atoms in total. The van der Waals surface area contributed by atoms with E-state index in [1.54, 1.807) is 30.3 Å². The van der Waals surface area contributed by atoms with Crippen LogP contribution in [0.4, 0.5) is 4.39 Å². The van der Waals surface area contributed by atoms with Crippen molar-refractivity contribution in [2.45, 2.75) is 51.6 Å². The number of hydrogen-bond donors (Lipinski definition) is 2. The van der Waals surface area contributed by atoms with Gasteiger partial charge in [0.25, 0.3) is 11.8 Å². The number of hydrogen-bond acceptors (Lipinski definition) is 5. The maximum atomic E-state index is 14.7. The number of fused-ring (bicyclic) bond motifs is 3. The zero-order chi connectivity index (χ0) is 28.8. The van der Waals surface area contributed by atoms with Gasteiger partial charge in [0.2, 0.25) is 11.8 Å². The summed E-state index contributed by atoms with van der Waals surface area (Å²) in [6, 6.07) is 9.83. The molecule has 0 aromatic heterocycles. The van der Waals surface area contributed by atoms with E-state index in [0.717, 1.165) is 5.56 Å². The van der Waals surface area contributed by atoms with Crippen molar-refractivity contribution in [2.75, 3.05) is 33.3 Å². The summed E-state index contributed by atoms with van der Waals surface area (Å²) in [5.41, 5.74) is 1.10. The first-order chi connectivity index (χ1) is 19.2. The SMILES string of the molecule is COc1ccc(C(=O)N2CC(=O)NCCCc3ccc(F)c(c3)C(=O)N3CCC[C@H]3C(=O)N[C@H](C(C)C)C2)cc1. The number of rotatable bonds is 3. The molecule has 214 valence electrons. The average molecular weight is 553 g/mol. The maximum Gasteiger partial charge on any atom is 0.257 e. The van der Waals surface area contributed by atoms with E-state index >= 15 is 0 Å². The molecule has 2 aromatic rings. The fourth-order valence-electron chi connectivity index (χ4n) is 5.15. The highest BCUT2D eigenvalue weighted by atomic mass is 19.1. The lowest BCUT2D eigenvalue weighted by atomic mass is 10.0. The summed E-state index contributed by atoms with van der Waals surface area (Å²) in [5.74, 6) is -1.64. The molecule has 0 spiro atoms. The van der Waals surface area contributed by atoms with Gasteiger partial charge in [-0.2, -0.15) is 0 Å². The summed E-state index contributed by atoms with van der Waals surface area (Å²) < 4.78 is 19.9. The molecule has 2 bridgehead atoms. The lowest BCUT2D eigenvalue weighted by molar-refractivity contribution is -0.126. The molecule has 2 aliphatic rings. The van der Waals surface area contributed by atoms with Gasteiger partial charge in [-0.15, -0.1) is 0 Å². The van der Waals surface area contributed by atoms with Crippen molar-refractivity contribution >= 4 is 23.6 Å². The number of halogens is 1. The zero-order valence-electron chi connectivity index (χ0n) is 23.2. The third-order valence-electron chi connectivity index (χ3n) is 7.55. The maximum absolute atomic E-state index is 14.7. The van der Waals surface area contributed by atoms with Crippen molar-refractivity contribution in [3.8, 4) is 5.75 Å². The normalized spacial score (nSPS) is 21.0.